The molecule has 0 N–H and O–H groups in total. The van der Waals surface area contributed by atoms with Gasteiger partial charge in [-0.25, -0.2) is 8.42 Å². The Morgan fingerprint density at radius 3 is 2.45 bits per heavy atom. The standard InChI is InChI=1S/C12H16N4O3S/c1-10-3-5-12(6-4-10)20(18,19)16(9-11(2)17)8-7-14-15-13/h3-6H,7-9H2,1-2H3. The first-order valence-corrected chi connectivity index (χ1v) is 7.39. The number of benzene rings is 1. The molecule has 0 aliphatic heterocycles. The summed E-state index contributed by atoms with van der Waals surface area (Å²) in [7, 11) is -3.76. The van der Waals surface area contributed by atoms with Crippen LogP contribution in [0.25, 0.3) is 10.4 Å². The predicted molar refractivity (Wildman–Crippen MR) is 74.6 cm³/mol. The largest absolute Gasteiger partial charge is 0.299 e. The highest BCUT2D eigenvalue weighted by Gasteiger charge is 2.24. The number of Topliss-reactive ketones (excluding diaryl/α,β-unsaturated/α-hetero) is 1. The molecule has 0 bridgehead atoms. The number of carbonyl (C=O) groups excluding carboxylic acids is 1. The van der Waals surface area contributed by atoms with Crippen molar-refractivity contribution in [3.8, 4) is 0 Å². The molecular weight excluding hydrogens is 280 g/mol. The molecule has 7 nitrogen and oxygen atoms in total. The molecule has 1 aromatic rings. The number of azide groups is 1. The molecule has 0 fully saturated rings. The summed E-state index contributed by atoms with van der Waals surface area (Å²) in [5.74, 6) is -0.276. The van der Waals surface area contributed by atoms with E-state index >= 15 is 0 Å². The summed E-state index contributed by atoms with van der Waals surface area (Å²) < 4.78 is 25.8. The molecule has 0 atom stereocenters. The van der Waals surface area contributed by atoms with E-state index in [-0.39, 0.29) is 30.3 Å². The lowest BCUT2D eigenvalue weighted by Gasteiger charge is -2.20. The molecule has 0 heterocycles. The number of aryl methyl sites for hydroxylation is 1. The van der Waals surface area contributed by atoms with Crippen LogP contribution in [0.15, 0.2) is 34.3 Å². The lowest BCUT2D eigenvalue weighted by Crippen LogP contribution is -2.36. The summed E-state index contributed by atoms with van der Waals surface area (Å²) in [6.07, 6.45) is 0. The first-order valence-electron chi connectivity index (χ1n) is 5.95. The Kier molecular flexibility index (Phi) is 5.69. The van der Waals surface area contributed by atoms with E-state index in [1.807, 2.05) is 6.92 Å². The first kappa shape index (κ1) is 16.2. The van der Waals surface area contributed by atoms with Crippen molar-refractivity contribution >= 4 is 15.8 Å². The number of carbonyl (C=O) groups is 1. The van der Waals surface area contributed by atoms with E-state index in [2.05, 4.69) is 10.0 Å². The van der Waals surface area contributed by atoms with Crippen LogP contribution in [-0.4, -0.2) is 38.1 Å². The SMILES string of the molecule is CC(=O)CN(CCN=[N+]=[N-])S(=O)(=O)c1ccc(C)cc1. The number of hydrogen-bond donors (Lipinski definition) is 0. The normalized spacial score (nSPS) is 11.2. The van der Waals surface area contributed by atoms with Gasteiger partial charge in [0.2, 0.25) is 10.0 Å². The van der Waals surface area contributed by atoms with Crippen molar-refractivity contribution in [3.05, 3.63) is 40.3 Å². The third-order valence-electron chi connectivity index (χ3n) is 2.57. The second-order valence-electron chi connectivity index (χ2n) is 4.31. The zero-order chi connectivity index (χ0) is 15.2. The number of ketones is 1. The van der Waals surface area contributed by atoms with Crippen LogP contribution in [0.5, 0.6) is 0 Å². The van der Waals surface area contributed by atoms with Crippen LogP contribution in [0, 0.1) is 6.92 Å². The van der Waals surface area contributed by atoms with E-state index < -0.39 is 10.0 Å². The Hall–Kier alpha value is -1.89. The van der Waals surface area contributed by atoms with E-state index in [1.165, 1.54) is 19.1 Å². The van der Waals surface area contributed by atoms with Crippen LogP contribution in [0.1, 0.15) is 12.5 Å². The predicted octanol–water partition coefficient (Wildman–Crippen LogP) is 1.89. The van der Waals surface area contributed by atoms with Gasteiger partial charge in [0.15, 0.2) is 0 Å². The minimum atomic E-state index is -3.76. The number of nitrogens with zero attached hydrogens (tertiary/aromatic N) is 4. The zero-order valence-electron chi connectivity index (χ0n) is 11.4. The molecule has 108 valence electrons. The van der Waals surface area contributed by atoms with Gasteiger partial charge in [-0.2, -0.15) is 4.31 Å². The second kappa shape index (κ2) is 7.04. The van der Waals surface area contributed by atoms with Gasteiger partial charge in [-0.3, -0.25) is 4.79 Å². The fourth-order valence-electron chi connectivity index (χ4n) is 1.59. The molecule has 0 aliphatic carbocycles. The van der Waals surface area contributed by atoms with Crippen molar-refractivity contribution in [1.29, 1.82) is 0 Å². The number of hydrogen-bond acceptors (Lipinski definition) is 4. The van der Waals surface area contributed by atoms with Crippen molar-refractivity contribution in [2.75, 3.05) is 19.6 Å². The van der Waals surface area contributed by atoms with Gasteiger partial charge < -0.3 is 0 Å². The van der Waals surface area contributed by atoms with Gasteiger partial charge in [0.05, 0.1) is 11.4 Å². The van der Waals surface area contributed by atoms with Crippen LogP contribution < -0.4 is 0 Å². The topological polar surface area (TPSA) is 103 Å². The Balaban J connectivity index is 3.05. The fourth-order valence-corrected chi connectivity index (χ4v) is 3.04. The van der Waals surface area contributed by atoms with Crippen molar-refractivity contribution in [2.45, 2.75) is 18.7 Å². The van der Waals surface area contributed by atoms with Crippen molar-refractivity contribution in [2.24, 2.45) is 5.11 Å². The highest BCUT2D eigenvalue weighted by atomic mass is 32.2. The summed E-state index contributed by atoms with van der Waals surface area (Å²) in [4.78, 5) is 13.9. The maximum Gasteiger partial charge on any atom is 0.243 e. The summed E-state index contributed by atoms with van der Waals surface area (Å²) in [6.45, 7) is 2.88. The molecule has 1 rings (SSSR count). The average molecular weight is 296 g/mol. The van der Waals surface area contributed by atoms with E-state index in [9.17, 15) is 13.2 Å². The summed E-state index contributed by atoms with van der Waals surface area (Å²) in [5.41, 5.74) is 9.18. The minimum Gasteiger partial charge on any atom is -0.299 e. The molecular formula is C12H16N4O3S. The Bertz CT molecular complexity index is 619. The highest BCUT2D eigenvalue weighted by molar-refractivity contribution is 7.89. The molecule has 0 radical (unpaired) electrons. The van der Waals surface area contributed by atoms with E-state index in [1.54, 1.807) is 12.1 Å². The van der Waals surface area contributed by atoms with Crippen LogP contribution >= 0.6 is 0 Å². The zero-order valence-corrected chi connectivity index (χ0v) is 12.2. The van der Waals surface area contributed by atoms with Gasteiger partial charge in [0.25, 0.3) is 0 Å². The van der Waals surface area contributed by atoms with Gasteiger partial charge in [-0.05, 0) is 31.5 Å². The lowest BCUT2D eigenvalue weighted by molar-refractivity contribution is -0.117. The van der Waals surface area contributed by atoms with E-state index in [0.29, 0.717) is 0 Å². The van der Waals surface area contributed by atoms with Gasteiger partial charge in [-0.15, -0.1) is 0 Å². The molecule has 0 saturated carbocycles. The van der Waals surface area contributed by atoms with Crippen molar-refractivity contribution in [1.82, 2.24) is 4.31 Å². The van der Waals surface area contributed by atoms with Crippen molar-refractivity contribution < 1.29 is 13.2 Å². The van der Waals surface area contributed by atoms with Crippen LogP contribution in [0.3, 0.4) is 0 Å². The summed E-state index contributed by atoms with van der Waals surface area (Å²) >= 11 is 0. The minimum absolute atomic E-state index is 0.0190. The Morgan fingerprint density at radius 1 is 1.35 bits per heavy atom. The molecule has 0 spiro atoms. The first-order chi connectivity index (χ1) is 9.37. The van der Waals surface area contributed by atoms with Gasteiger partial charge in [-0.1, -0.05) is 22.8 Å². The number of rotatable bonds is 7. The Morgan fingerprint density at radius 2 is 1.95 bits per heavy atom. The third kappa shape index (κ3) is 4.34. The average Bonchev–Trinajstić information content (AvgIpc) is 2.38. The molecule has 20 heavy (non-hydrogen) atoms. The van der Waals surface area contributed by atoms with Crippen LogP contribution in [0.2, 0.25) is 0 Å². The highest BCUT2D eigenvalue weighted by Crippen LogP contribution is 2.16. The quantitative estimate of drug-likeness (QED) is 0.436. The molecule has 0 saturated heterocycles. The molecule has 0 aromatic heterocycles. The van der Waals surface area contributed by atoms with Gasteiger partial charge in [0, 0.05) is 18.0 Å². The van der Waals surface area contributed by atoms with Gasteiger partial charge >= 0.3 is 0 Å². The summed E-state index contributed by atoms with van der Waals surface area (Å²) in [6, 6.07) is 6.36. The maximum absolute atomic E-state index is 12.4. The lowest BCUT2D eigenvalue weighted by atomic mass is 10.2. The van der Waals surface area contributed by atoms with Crippen LogP contribution in [-0.2, 0) is 14.8 Å². The van der Waals surface area contributed by atoms with Gasteiger partial charge in [0.1, 0.15) is 5.78 Å². The molecule has 8 heteroatoms. The fraction of sp³-hybridized carbons (Fsp3) is 0.417. The smallest absolute Gasteiger partial charge is 0.243 e. The monoisotopic (exact) mass is 296 g/mol. The third-order valence-corrected chi connectivity index (χ3v) is 4.43. The summed E-state index contributed by atoms with van der Waals surface area (Å²) in [5, 5.41) is 3.30. The van der Waals surface area contributed by atoms with Crippen LogP contribution in [0.4, 0.5) is 0 Å². The molecule has 1 aromatic carbocycles. The van der Waals surface area contributed by atoms with E-state index in [4.69, 9.17) is 5.53 Å². The molecule has 0 unspecified atom stereocenters. The number of sulfonamides is 1. The molecule has 0 aliphatic rings. The second-order valence-corrected chi connectivity index (χ2v) is 6.25. The Labute approximate surface area is 117 Å². The van der Waals surface area contributed by atoms with E-state index in [0.717, 1.165) is 9.87 Å². The van der Waals surface area contributed by atoms with Crippen molar-refractivity contribution in [3.63, 3.8) is 0 Å². The maximum atomic E-state index is 12.4. The molecule has 0 amide bonds.